The largest absolute Gasteiger partial charge is 0.456 e. The Labute approximate surface area is 320 Å². The summed E-state index contributed by atoms with van der Waals surface area (Å²) in [6.07, 6.45) is 0. The predicted octanol–water partition coefficient (Wildman–Crippen LogP) is 14.7. The van der Waals surface area contributed by atoms with Crippen LogP contribution in [-0.2, 0) is 0 Å². The van der Waals surface area contributed by atoms with Crippen molar-refractivity contribution in [1.29, 1.82) is 0 Å². The number of para-hydroxylation sites is 2. The summed E-state index contributed by atoms with van der Waals surface area (Å²) < 4.78 is 19.3. The topological polar surface area (TPSA) is 55.6 Å². The molecule has 0 aliphatic rings. The van der Waals surface area contributed by atoms with Gasteiger partial charge in [0, 0.05) is 49.6 Å². The van der Waals surface area contributed by atoms with E-state index in [-0.39, 0.29) is 0 Å². The smallest absolute Gasteiger partial charge is 0.227 e. The Balaban J connectivity index is 1.07. The lowest BCUT2D eigenvalue weighted by Crippen LogP contribution is -2.09. The van der Waals surface area contributed by atoms with Gasteiger partial charge in [-0.3, -0.25) is 0 Å². The van der Waals surface area contributed by atoms with E-state index in [1.807, 2.05) is 30.3 Å². The predicted molar refractivity (Wildman–Crippen MR) is 229 cm³/mol. The average molecular weight is 719 g/mol. The molecule has 0 saturated carbocycles. The van der Waals surface area contributed by atoms with E-state index in [1.165, 1.54) is 0 Å². The van der Waals surface area contributed by atoms with Gasteiger partial charge in [-0.15, -0.1) is 0 Å². The molecule has 0 amide bonds. The number of oxazole rings is 1. The molecule has 56 heavy (non-hydrogen) atoms. The van der Waals surface area contributed by atoms with E-state index in [9.17, 15) is 0 Å². The lowest BCUT2D eigenvalue weighted by Gasteiger charge is -2.26. The van der Waals surface area contributed by atoms with Crippen molar-refractivity contribution in [2.45, 2.75) is 0 Å². The molecular weight excluding hydrogens is 689 g/mol. The molecule has 3 aromatic heterocycles. The Hall–Kier alpha value is -7.63. The molecule has 0 aliphatic carbocycles. The summed E-state index contributed by atoms with van der Waals surface area (Å²) >= 11 is 0. The number of fused-ring (bicyclic) bond motifs is 11. The Bertz CT molecular complexity index is 3390. The Kier molecular flexibility index (Phi) is 6.56. The summed E-state index contributed by atoms with van der Waals surface area (Å²) in [7, 11) is 0. The molecule has 9 aromatic carbocycles. The van der Waals surface area contributed by atoms with Gasteiger partial charge in [-0.05, 0) is 106 Å². The molecular formula is C51H30N2O3. The van der Waals surface area contributed by atoms with E-state index in [1.54, 1.807) is 0 Å². The van der Waals surface area contributed by atoms with Crippen molar-refractivity contribution in [3.05, 3.63) is 182 Å². The number of hydrogen-bond acceptors (Lipinski definition) is 5. The molecule has 0 radical (unpaired) electrons. The molecule has 0 atom stereocenters. The molecule has 5 nitrogen and oxygen atoms in total. The highest BCUT2D eigenvalue weighted by molar-refractivity contribution is 6.19. The van der Waals surface area contributed by atoms with Crippen LogP contribution in [0.25, 0.3) is 99.1 Å². The van der Waals surface area contributed by atoms with Crippen LogP contribution < -0.4 is 4.90 Å². The second kappa shape index (κ2) is 11.9. The standard InChI is InChI=1S/C51H30N2O3/c1-2-9-31(10-3-1)34-11-8-12-35(27-34)51-52-44-24-20-33-18-17-32-19-21-36(28-41(32)49(33)50(44)56-51)53(37-22-25-47-42(29-37)39-13-4-6-15-45(39)54-47)38-23-26-48-43(30-38)40-14-5-7-16-46(40)55-48/h1-30H. The molecule has 0 unspecified atom stereocenters. The van der Waals surface area contributed by atoms with Gasteiger partial charge in [-0.1, -0.05) is 103 Å². The third kappa shape index (κ3) is 4.78. The van der Waals surface area contributed by atoms with Gasteiger partial charge in [0.15, 0.2) is 5.58 Å². The molecule has 12 rings (SSSR count). The molecule has 0 spiro atoms. The van der Waals surface area contributed by atoms with Gasteiger partial charge in [0.05, 0.1) is 0 Å². The minimum absolute atomic E-state index is 0.598. The van der Waals surface area contributed by atoms with Crippen LogP contribution in [0.1, 0.15) is 0 Å². The summed E-state index contributed by atoms with van der Waals surface area (Å²) in [6.45, 7) is 0. The summed E-state index contributed by atoms with van der Waals surface area (Å²) in [5, 5.41) is 8.63. The van der Waals surface area contributed by atoms with Crippen LogP contribution in [-0.4, -0.2) is 4.98 Å². The minimum Gasteiger partial charge on any atom is -0.456 e. The van der Waals surface area contributed by atoms with E-state index in [2.05, 4.69) is 157 Å². The SMILES string of the molecule is c1ccc(-c2cccc(-c3nc4ccc5ccc6ccc(N(c7ccc8oc9ccccc9c8c7)c7ccc8oc9ccccc9c8c7)cc6c5c4o3)c2)cc1. The first-order chi connectivity index (χ1) is 27.7. The molecule has 0 N–H and O–H groups in total. The van der Waals surface area contributed by atoms with Crippen LogP contribution >= 0.6 is 0 Å². The zero-order valence-corrected chi connectivity index (χ0v) is 29.9. The van der Waals surface area contributed by atoms with Crippen LogP contribution in [0.4, 0.5) is 17.1 Å². The Morgan fingerprint density at radius 1 is 0.357 bits per heavy atom. The second-order valence-electron chi connectivity index (χ2n) is 14.3. The van der Waals surface area contributed by atoms with E-state index in [0.717, 1.165) is 110 Å². The van der Waals surface area contributed by atoms with Crippen LogP contribution in [0, 0.1) is 0 Å². The normalized spacial score (nSPS) is 11.9. The molecule has 12 aromatic rings. The maximum Gasteiger partial charge on any atom is 0.227 e. The first kappa shape index (κ1) is 30.8. The summed E-state index contributed by atoms with van der Waals surface area (Å²) in [6, 6.07) is 63.4. The fourth-order valence-corrected chi connectivity index (χ4v) is 8.39. The summed E-state index contributed by atoms with van der Waals surface area (Å²) in [4.78, 5) is 7.35. The van der Waals surface area contributed by atoms with Crippen LogP contribution in [0.3, 0.4) is 0 Å². The fourth-order valence-electron chi connectivity index (χ4n) is 8.39. The van der Waals surface area contributed by atoms with Crippen molar-refractivity contribution in [2.24, 2.45) is 0 Å². The number of furan rings is 2. The Morgan fingerprint density at radius 3 is 1.61 bits per heavy atom. The first-order valence-electron chi connectivity index (χ1n) is 18.8. The highest BCUT2D eigenvalue weighted by Crippen LogP contribution is 2.43. The van der Waals surface area contributed by atoms with Crippen molar-refractivity contribution < 1.29 is 13.3 Å². The van der Waals surface area contributed by atoms with Crippen LogP contribution in [0.5, 0.6) is 0 Å². The number of hydrogen-bond donors (Lipinski definition) is 0. The van der Waals surface area contributed by atoms with Gasteiger partial charge in [0.25, 0.3) is 0 Å². The number of rotatable bonds is 5. The molecule has 5 heteroatoms. The van der Waals surface area contributed by atoms with E-state index >= 15 is 0 Å². The highest BCUT2D eigenvalue weighted by Gasteiger charge is 2.20. The maximum absolute atomic E-state index is 6.75. The average Bonchev–Trinajstić information content (AvgIpc) is 3.97. The minimum atomic E-state index is 0.598. The van der Waals surface area contributed by atoms with E-state index in [0.29, 0.717) is 5.89 Å². The zero-order chi connectivity index (χ0) is 36.7. The zero-order valence-electron chi connectivity index (χ0n) is 29.9. The number of nitrogens with zero attached hydrogens (tertiary/aromatic N) is 2. The summed E-state index contributed by atoms with van der Waals surface area (Å²) in [5.74, 6) is 0.598. The van der Waals surface area contributed by atoms with Crippen LogP contribution in [0.2, 0.25) is 0 Å². The van der Waals surface area contributed by atoms with E-state index < -0.39 is 0 Å². The Morgan fingerprint density at radius 2 is 0.893 bits per heavy atom. The third-order valence-electron chi connectivity index (χ3n) is 11.1. The monoisotopic (exact) mass is 718 g/mol. The van der Waals surface area contributed by atoms with E-state index in [4.69, 9.17) is 18.2 Å². The fraction of sp³-hybridized carbons (Fsp3) is 0. The second-order valence-corrected chi connectivity index (χ2v) is 14.3. The molecule has 0 aliphatic heterocycles. The van der Waals surface area contributed by atoms with Crippen molar-refractivity contribution in [2.75, 3.05) is 4.90 Å². The van der Waals surface area contributed by atoms with Crippen molar-refractivity contribution in [1.82, 2.24) is 4.98 Å². The van der Waals surface area contributed by atoms with Gasteiger partial charge in [-0.25, -0.2) is 4.98 Å². The maximum atomic E-state index is 6.75. The van der Waals surface area contributed by atoms with Gasteiger partial charge in [0.2, 0.25) is 5.89 Å². The van der Waals surface area contributed by atoms with Crippen molar-refractivity contribution in [3.63, 3.8) is 0 Å². The van der Waals surface area contributed by atoms with Gasteiger partial charge >= 0.3 is 0 Å². The summed E-state index contributed by atoms with van der Waals surface area (Å²) in [5.41, 5.74) is 11.3. The highest BCUT2D eigenvalue weighted by atomic mass is 16.3. The van der Waals surface area contributed by atoms with Gasteiger partial charge in [-0.2, -0.15) is 0 Å². The van der Waals surface area contributed by atoms with Gasteiger partial charge in [0.1, 0.15) is 27.8 Å². The number of anilines is 3. The molecule has 262 valence electrons. The number of benzene rings is 9. The molecule has 3 heterocycles. The number of aromatic nitrogens is 1. The van der Waals surface area contributed by atoms with Crippen molar-refractivity contribution >= 4 is 93.6 Å². The van der Waals surface area contributed by atoms with Crippen molar-refractivity contribution in [3.8, 4) is 22.6 Å². The third-order valence-corrected chi connectivity index (χ3v) is 11.1. The lowest BCUT2D eigenvalue weighted by atomic mass is 10.00. The van der Waals surface area contributed by atoms with Gasteiger partial charge < -0.3 is 18.2 Å². The molecule has 0 saturated heterocycles. The van der Waals surface area contributed by atoms with Crippen LogP contribution in [0.15, 0.2) is 195 Å². The molecule has 0 bridgehead atoms. The first-order valence-corrected chi connectivity index (χ1v) is 18.8. The molecule has 0 fully saturated rings. The quantitative estimate of drug-likeness (QED) is 0.166. The lowest BCUT2D eigenvalue weighted by molar-refractivity contribution is 0.623.